The van der Waals surface area contributed by atoms with Crippen LogP contribution in [0.15, 0.2) is 60.9 Å². The molecule has 2 aromatic carbocycles. The Morgan fingerprint density at radius 1 is 1.13 bits per heavy atom. The van der Waals surface area contributed by atoms with Gasteiger partial charge in [0.25, 0.3) is 0 Å². The van der Waals surface area contributed by atoms with Gasteiger partial charge in [0.2, 0.25) is 0 Å². The molecule has 3 aromatic rings. The summed E-state index contributed by atoms with van der Waals surface area (Å²) in [6.07, 6.45) is 3.69. The summed E-state index contributed by atoms with van der Waals surface area (Å²) in [7, 11) is 1.55. The van der Waals surface area contributed by atoms with E-state index in [4.69, 9.17) is 14.7 Å². The van der Waals surface area contributed by atoms with Crippen LogP contribution in [0.2, 0.25) is 0 Å². The number of rotatable bonds is 5. The fraction of sp³-hybridized carbons (Fsp3) is 0.111. The lowest BCUT2D eigenvalue weighted by atomic mass is 10.2. The highest BCUT2D eigenvalue weighted by atomic mass is 16.5. The maximum atomic E-state index is 8.91. The summed E-state index contributed by atoms with van der Waals surface area (Å²) in [5, 5.41) is 13.2. The number of hydrogen-bond donors (Lipinski definition) is 0. The molecule has 1 heterocycles. The molecule has 0 saturated carbocycles. The Morgan fingerprint density at radius 3 is 2.70 bits per heavy atom. The van der Waals surface area contributed by atoms with Crippen molar-refractivity contribution in [1.29, 1.82) is 5.26 Å². The Kier molecular flexibility index (Phi) is 4.25. The van der Waals surface area contributed by atoms with E-state index in [1.54, 1.807) is 36.2 Å². The second kappa shape index (κ2) is 6.67. The van der Waals surface area contributed by atoms with E-state index in [1.165, 1.54) is 0 Å². The van der Waals surface area contributed by atoms with Crippen LogP contribution in [0.5, 0.6) is 11.5 Å². The highest BCUT2D eigenvalue weighted by molar-refractivity contribution is 5.46. The van der Waals surface area contributed by atoms with Crippen LogP contribution < -0.4 is 9.47 Å². The van der Waals surface area contributed by atoms with Crippen molar-refractivity contribution in [2.75, 3.05) is 7.11 Å². The van der Waals surface area contributed by atoms with Crippen molar-refractivity contribution in [3.63, 3.8) is 0 Å². The zero-order valence-corrected chi connectivity index (χ0v) is 12.6. The molecule has 0 amide bonds. The van der Waals surface area contributed by atoms with E-state index in [0.717, 1.165) is 11.3 Å². The minimum absolute atomic E-state index is 0.370. The van der Waals surface area contributed by atoms with Gasteiger partial charge in [0.15, 0.2) is 11.5 Å². The van der Waals surface area contributed by atoms with Gasteiger partial charge in [-0.2, -0.15) is 10.4 Å². The fourth-order valence-corrected chi connectivity index (χ4v) is 2.17. The van der Waals surface area contributed by atoms with Gasteiger partial charge in [0.05, 0.1) is 30.6 Å². The van der Waals surface area contributed by atoms with Gasteiger partial charge in [-0.25, -0.2) is 4.68 Å². The summed E-state index contributed by atoms with van der Waals surface area (Å²) in [5.41, 5.74) is 2.47. The van der Waals surface area contributed by atoms with Crippen LogP contribution >= 0.6 is 0 Å². The molecule has 0 atom stereocenters. The molecule has 0 saturated heterocycles. The number of nitrogens with zero attached hydrogens (tertiary/aromatic N) is 3. The number of hydrogen-bond acceptors (Lipinski definition) is 4. The first-order chi connectivity index (χ1) is 11.3. The molecule has 5 nitrogen and oxygen atoms in total. The second-order valence-corrected chi connectivity index (χ2v) is 4.89. The lowest BCUT2D eigenvalue weighted by molar-refractivity contribution is 0.284. The predicted molar refractivity (Wildman–Crippen MR) is 85.6 cm³/mol. The number of nitriles is 1. The Hall–Kier alpha value is -3.26. The highest BCUT2D eigenvalue weighted by Gasteiger charge is 2.07. The van der Waals surface area contributed by atoms with Crippen LogP contribution in [0.25, 0.3) is 5.69 Å². The lowest BCUT2D eigenvalue weighted by Crippen LogP contribution is -1.97. The van der Waals surface area contributed by atoms with Crippen LogP contribution in [-0.2, 0) is 6.61 Å². The molecule has 0 unspecified atom stereocenters. The monoisotopic (exact) mass is 305 g/mol. The van der Waals surface area contributed by atoms with Crippen molar-refractivity contribution in [2.45, 2.75) is 6.61 Å². The molecule has 0 spiro atoms. The summed E-state index contributed by atoms with van der Waals surface area (Å²) in [6, 6.07) is 17.0. The molecule has 3 rings (SSSR count). The molecule has 23 heavy (non-hydrogen) atoms. The van der Waals surface area contributed by atoms with Crippen molar-refractivity contribution in [3.8, 4) is 23.3 Å². The minimum atomic E-state index is 0.370. The summed E-state index contributed by atoms with van der Waals surface area (Å²) >= 11 is 0. The first-order valence-electron chi connectivity index (χ1n) is 7.10. The van der Waals surface area contributed by atoms with E-state index in [2.05, 4.69) is 11.2 Å². The topological polar surface area (TPSA) is 60.1 Å². The molecular weight excluding hydrogens is 290 g/mol. The number of para-hydroxylation sites is 1. The van der Waals surface area contributed by atoms with Crippen LogP contribution in [0.4, 0.5) is 0 Å². The lowest BCUT2D eigenvalue weighted by Gasteiger charge is -2.09. The van der Waals surface area contributed by atoms with Gasteiger partial charge in [-0.1, -0.05) is 18.2 Å². The second-order valence-electron chi connectivity index (χ2n) is 4.89. The Bertz CT molecular complexity index is 835. The summed E-state index contributed by atoms with van der Waals surface area (Å²) in [6.45, 7) is 0.370. The highest BCUT2D eigenvalue weighted by Crippen LogP contribution is 2.28. The van der Waals surface area contributed by atoms with Crippen molar-refractivity contribution < 1.29 is 9.47 Å². The molecule has 1 aromatic heterocycles. The van der Waals surface area contributed by atoms with Gasteiger partial charge < -0.3 is 9.47 Å². The SMILES string of the molecule is COc1cc(C#N)ccc1OCc1cnn(-c2ccccc2)c1. The molecular formula is C18H15N3O2. The number of methoxy groups -OCH3 is 1. The van der Waals surface area contributed by atoms with Crippen molar-refractivity contribution in [3.05, 3.63) is 72.1 Å². The molecule has 114 valence electrons. The van der Waals surface area contributed by atoms with E-state index < -0.39 is 0 Å². The molecule has 0 N–H and O–H groups in total. The Labute approximate surface area is 134 Å². The molecule has 0 aliphatic rings. The van der Waals surface area contributed by atoms with Gasteiger partial charge >= 0.3 is 0 Å². The van der Waals surface area contributed by atoms with Crippen LogP contribution in [0.3, 0.4) is 0 Å². The zero-order valence-electron chi connectivity index (χ0n) is 12.6. The quantitative estimate of drug-likeness (QED) is 0.725. The smallest absolute Gasteiger partial charge is 0.162 e. The van der Waals surface area contributed by atoms with Crippen molar-refractivity contribution >= 4 is 0 Å². The van der Waals surface area contributed by atoms with Crippen LogP contribution in [0.1, 0.15) is 11.1 Å². The van der Waals surface area contributed by atoms with Gasteiger partial charge in [-0.3, -0.25) is 0 Å². The van der Waals surface area contributed by atoms with E-state index in [1.807, 2.05) is 36.5 Å². The third-order valence-electron chi connectivity index (χ3n) is 3.34. The van der Waals surface area contributed by atoms with Gasteiger partial charge in [-0.05, 0) is 24.3 Å². The fourth-order valence-electron chi connectivity index (χ4n) is 2.17. The normalized spacial score (nSPS) is 10.1. The standard InChI is InChI=1S/C18H15N3O2/c1-22-18-9-14(10-19)7-8-17(18)23-13-15-11-20-21(12-15)16-5-3-2-4-6-16/h2-9,11-12H,13H2,1H3. The molecule has 0 aliphatic carbocycles. The van der Waals surface area contributed by atoms with Crippen molar-refractivity contribution in [2.24, 2.45) is 0 Å². The molecule has 5 heteroatoms. The largest absolute Gasteiger partial charge is 0.493 e. The molecule has 0 radical (unpaired) electrons. The number of ether oxygens (including phenoxy) is 2. The first-order valence-corrected chi connectivity index (χ1v) is 7.10. The zero-order chi connectivity index (χ0) is 16.1. The maximum absolute atomic E-state index is 8.91. The van der Waals surface area contributed by atoms with Crippen molar-refractivity contribution in [1.82, 2.24) is 9.78 Å². The van der Waals surface area contributed by atoms with Crippen LogP contribution in [0, 0.1) is 11.3 Å². The summed E-state index contributed by atoms with van der Waals surface area (Å²) in [5.74, 6) is 1.14. The first kappa shape index (κ1) is 14.7. The predicted octanol–water partition coefficient (Wildman–Crippen LogP) is 3.33. The van der Waals surface area contributed by atoms with Crippen LogP contribution in [-0.4, -0.2) is 16.9 Å². The van der Waals surface area contributed by atoms with Gasteiger partial charge in [-0.15, -0.1) is 0 Å². The summed E-state index contributed by atoms with van der Waals surface area (Å²) < 4.78 is 12.8. The molecule has 0 aliphatic heterocycles. The third-order valence-corrected chi connectivity index (χ3v) is 3.34. The Morgan fingerprint density at radius 2 is 1.96 bits per heavy atom. The van der Waals surface area contributed by atoms with E-state index >= 15 is 0 Å². The molecule has 0 bridgehead atoms. The molecule has 0 fully saturated rings. The average Bonchev–Trinajstić information content (AvgIpc) is 3.09. The minimum Gasteiger partial charge on any atom is -0.493 e. The summed E-state index contributed by atoms with van der Waals surface area (Å²) in [4.78, 5) is 0. The number of benzene rings is 2. The average molecular weight is 305 g/mol. The van der Waals surface area contributed by atoms with Gasteiger partial charge in [0, 0.05) is 17.8 Å². The maximum Gasteiger partial charge on any atom is 0.162 e. The van der Waals surface area contributed by atoms with Gasteiger partial charge in [0.1, 0.15) is 6.61 Å². The third kappa shape index (κ3) is 3.33. The van der Waals surface area contributed by atoms with E-state index in [-0.39, 0.29) is 0 Å². The number of aromatic nitrogens is 2. The Balaban J connectivity index is 1.72. The van der Waals surface area contributed by atoms with E-state index in [9.17, 15) is 0 Å². The van der Waals surface area contributed by atoms with E-state index in [0.29, 0.717) is 23.7 Å².